The molecule has 1 fully saturated rings. The molecule has 0 aliphatic carbocycles. The Morgan fingerprint density at radius 2 is 2.09 bits per heavy atom. The van der Waals surface area contributed by atoms with Gasteiger partial charge >= 0.3 is 0 Å². The molecule has 0 spiro atoms. The first kappa shape index (κ1) is 17.5. The molecule has 0 bridgehead atoms. The summed E-state index contributed by atoms with van der Waals surface area (Å²) in [5.74, 6) is 0.00951. The van der Waals surface area contributed by atoms with E-state index in [2.05, 4.69) is 0 Å². The summed E-state index contributed by atoms with van der Waals surface area (Å²) >= 11 is 11.9. The Labute approximate surface area is 141 Å². The summed E-state index contributed by atoms with van der Waals surface area (Å²) < 4.78 is 0. The SMILES string of the molecule is CN(C)C[C@]1(O)CCCN(C(=O)Cc2ccc(Cl)c(Cl)c2)C1. The van der Waals surface area contributed by atoms with Crippen molar-refractivity contribution in [2.24, 2.45) is 0 Å². The lowest BCUT2D eigenvalue weighted by atomic mass is 9.92. The number of β-amino-alcohol motifs (C(OH)–C–C–N with tert-alkyl or cyclic N) is 1. The lowest BCUT2D eigenvalue weighted by molar-refractivity contribution is -0.138. The van der Waals surface area contributed by atoms with E-state index in [1.54, 1.807) is 17.0 Å². The molecule has 1 atom stereocenters. The molecule has 1 aromatic carbocycles. The number of halogens is 2. The maximum absolute atomic E-state index is 12.5. The van der Waals surface area contributed by atoms with Gasteiger partial charge in [0.1, 0.15) is 0 Å². The van der Waals surface area contributed by atoms with E-state index in [0.717, 1.165) is 18.4 Å². The summed E-state index contributed by atoms with van der Waals surface area (Å²) in [7, 11) is 3.85. The summed E-state index contributed by atoms with van der Waals surface area (Å²) in [6, 6.07) is 5.23. The number of rotatable bonds is 4. The van der Waals surface area contributed by atoms with E-state index in [0.29, 0.717) is 29.7 Å². The molecule has 22 heavy (non-hydrogen) atoms. The van der Waals surface area contributed by atoms with E-state index < -0.39 is 5.60 Å². The first-order chi connectivity index (χ1) is 10.3. The van der Waals surface area contributed by atoms with Crippen molar-refractivity contribution < 1.29 is 9.90 Å². The molecule has 4 nitrogen and oxygen atoms in total. The average molecular weight is 345 g/mol. The number of carbonyl (C=O) groups excluding carboxylic acids is 1. The summed E-state index contributed by atoms with van der Waals surface area (Å²) in [5, 5.41) is 11.6. The van der Waals surface area contributed by atoms with Gasteiger partial charge in [0.05, 0.1) is 28.6 Å². The third-order valence-electron chi connectivity index (χ3n) is 3.86. The molecule has 6 heteroatoms. The summed E-state index contributed by atoms with van der Waals surface area (Å²) in [6.07, 6.45) is 1.81. The zero-order valence-electron chi connectivity index (χ0n) is 13.0. The molecular formula is C16H22Cl2N2O2. The molecule has 1 saturated heterocycles. The van der Waals surface area contributed by atoms with Crippen LogP contribution in [0.4, 0.5) is 0 Å². The first-order valence-electron chi connectivity index (χ1n) is 7.38. The van der Waals surface area contributed by atoms with E-state index in [1.165, 1.54) is 0 Å². The maximum Gasteiger partial charge on any atom is 0.227 e. The van der Waals surface area contributed by atoms with Crippen LogP contribution < -0.4 is 0 Å². The van der Waals surface area contributed by atoms with E-state index in [9.17, 15) is 9.90 Å². The largest absolute Gasteiger partial charge is 0.387 e. The Morgan fingerprint density at radius 1 is 1.36 bits per heavy atom. The molecular weight excluding hydrogens is 323 g/mol. The van der Waals surface area contributed by atoms with Crippen molar-refractivity contribution in [1.82, 2.24) is 9.80 Å². The fourth-order valence-electron chi connectivity index (χ4n) is 2.98. The highest BCUT2D eigenvalue weighted by molar-refractivity contribution is 6.42. The number of aliphatic hydroxyl groups is 1. The Hall–Kier alpha value is -0.810. The molecule has 0 saturated carbocycles. The third-order valence-corrected chi connectivity index (χ3v) is 4.60. The second-order valence-corrected chi connectivity index (χ2v) is 7.12. The minimum Gasteiger partial charge on any atom is -0.387 e. The Bertz CT molecular complexity index is 551. The minimum atomic E-state index is -0.824. The van der Waals surface area contributed by atoms with Gasteiger partial charge in [-0.2, -0.15) is 0 Å². The van der Waals surface area contributed by atoms with Gasteiger partial charge in [-0.15, -0.1) is 0 Å². The van der Waals surface area contributed by atoms with Crippen molar-refractivity contribution in [3.05, 3.63) is 33.8 Å². The zero-order chi connectivity index (χ0) is 16.3. The van der Waals surface area contributed by atoms with Gasteiger partial charge < -0.3 is 14.9 Å². The zero-order valence-corrected chi connectivity index (χ0v) is 14.5. The van der Waals surface area contributed by atoms with E-state index in [-0.39, 0.29) is 12.3 Å². The van der Waals surface area contributed by atoms with Crippen molar-refractivity contribution in [2.45, 2.75) is 24.9 Å². The van der Waals surface area contributed by atoms with Crippen LogP contribution in [0.2, 0.25) is 10.0 Å². The molecule has 0 radical (unpaired) electrons. The Morgan fingerprint density at radius 3 is 2.73 bits per heavy atom. The molecule has 2 rings (SSSR count). The molecule has 1 heterocycles. The molecule has 122 valence electrons. The molecule has 0 unspecified atom stereocenters. The quantitative estimate of drug-likeness (QED) is 0.912. The van der Waals surface area contributed by atoms with Gasteiger partial charge in [-0.1, -0.05) is 29.3 Å². The van der Waals surface area contributed by atoms with Crippen LogP contribution >= 0.6 is 23.2 Å². The smallest absolute Gasteiger partial charge is 0.227 e. The molecule has 1 aromatic rings. The van der Waals surface area contributed by atoms with Crippen LogP contribution in [0.25, 0.3) is 0 Å². The number of nitrogens with zero attached hydrogens (tertiary/aromatic N) is 2. The van der Waals surface area contributed by atoms with Crippen LogP contribution in [0.1, 0.15) is 18.4 Å². The van der Waals surface area contributed by atoms with Crippen molar-refractivity contribution in [3.63, 3.8) is 0 Å². The number of amides is 1. The number of benzene rings is 1. The second kappa shape index (κ2) is 7.18. The fraction of sp³-hybridized carbons (Fsp3) is 0.562. The highest BCUT2D eigenvalue weighted by Crippen LogP contribution is 2.25. The van der Waals surface area contributed by atoms with Crippen LogP contribution in [-0.4, -0.2) is 60.1 Å². The highest BCUT2D eigenvalue weighted by atomic mass is 35.5. The van der Waals surface area contributed by atoms with Crippen LogP contribution in [0.3, 0.4) is 0 Å². The van der Waals surface area contributed by atoms with E-state index in [1.807, 2.05) is 25.1 Å². The first-order valence-corrected chi connectivity index (χ1v) is 8.13. The molecule has 1 amide bonds. The van der Waals surface area contributed by atoms with Crippen LogP contribution in [-0.2, 0) is 11.2 Å². The summed E-state index contributed by atoms with van der Waals surface area (Å²) in [5.41, 5.74) is 0.0100. The average Bonchev–Trinajstić information content (AvgIpc) is 2.41. The van der Waals surface area contributed by atoms with Gasteiger partial charge in [0.15, 0.2) is 0 Å². The standard InChI is InChI=1S/C16H22Cl2N2O2/c1-19(2)10-16(22)6-3-7-20(11-16)15(21)9-12-4-5-13(17)14(18)8-12/h4-5,8,22H,3,6-7,9-11H2,1-2H3/t16-/m1/s1. The monoisotopic (exact) mass is 344 g/mol. The lowest BCUT2D eigenvalue weighted by Gasteiger charge is -2.40. The predicted molar refractivity (Wildman–Crippen MR) is 89.5 cm³/mol. The van der Waals surface area contributed by atoms with Gasteiger partial charge in [0.25, 0.3) is 0 Å². The van der Waals surface area contributed by atoms with Crippen LogP contribution in [0.5, 0.6) is 0 Å². The van der Waals surface area contributed by atoms with Crippen molar-refractivity contribution in [2.75, 3.05) is 33.7 Å². The number of piperidine rings is 1. The van der Waals surface area contributed by atoms with Gasteiger partial charge in [-0.3, -0.25) is 4.79 Å². The highest BCUT2D eigenvalue weighted by Gasteiger charge is 2.35. The topological polar surface area (TPSA) is 43.8 Å². The lowest BCUT2D eigenvalue weighted by Crippen LogP contribution is -2.55. The fourth-order valence-corrected chi connectivity index (χ4v) is 3.30. The van der Waals surface area contributed by atoms with E-state index in [4.69, 9.17) is 23.2 Å². The van der Waals surface area contributed by atoms with Crippen LogP contribution in [0.15, 0.2) is 18.2 Å². The molecule has 1 N–H and O–H groups in total. The molecule has 0 aromatic heterocycles. The van der Waals surface area contributed by atoms with Gasteiger partial charge in [0, 0.05) is 13.1 Å². The maximum atomic E-state index is 12.5. The van der Waals surface area contributed by atoms with Crippen LogP contribution in [0, 0.1) is 0 Å². The number of likely N-dealkylation sites (N-methyl/N-ethyl adjacent to an activating group) is 1. The normalized spacial score (nSPS) is 22.2. The van der Waals surface area contributed by atoms with E-state index >= 15 is 0 Å². The third kappa shape index (κ3) is 4.59. The molecule has 1 aliphatic heterocycles. The van der Waals surface area contributed by atoms with Crippen molar-refractivity contribution >= 4 is 29.1 Å². The Kier molecular flexibility index (Phi) is 5.72. The minimum absolute atomic E-state index is 0.00951. The number of likely N-dealkylation sites (tertiary alicyclic amines) is 1. The summed E-state index contributed by atoms with van der Waals surface area (Å²) in [6.45, 7) is 1.63. The predicted octanol–water partition coefficient (Wildman–Crippen LogP) is 2.45. The number of hydrogen-bond acceptors (Lipinski definition) is 3. The second-order valence-electron chi connectivity index (χ2n) is 6.31. The van der Waals surface area contributed by atoms with Gasteiger partial charge in [-0.25, -0.2) is 0 Å². The van der Waals surface area contributed by atoms with Crippen molar-refractivity contribution in [3.8, 4) is 0 Å². The Balaban J connectivity index is 2.01. The van der Waals surface area contributed by atoms with Gasteiger partial charge in [-0.05, 0) is 44.6 Å². The molecule has 1 aliphatic rings. The number of hydrogen-bond donors (Lipinski definition) is 1. The van der Waals surface area contributed by atoms with Gasteiger partial charge in [0.2, 0.25) is 5.91 Å². The number of carbonyl (C=O) groups is 1. The van der Waals surface area contributed by atoms with Crippen molar-refractivity contribution in [1.29, 1.82) is 0 Å². The summed E-state index contributed by atoms with van der Waals surface area (Å²) in [4.78, 5) is 16.2.